The second kappa shape index (κ2) is 8.08. The van der Waals surface area contributed by atoms with Crippen molar-refractivity contribution in [2.45, 2.75) is 0 Å². The van der Waals surface area contributed by atoms with Crippen LogP contribution in [0.15, 0.2) is 84.9 Å². The van der Waals surface area contributed by atoms with E-state index in [1.54, 1.807) is 48.5 Å². The fourth-order valence-corrected chi connectivity index (χ4v) is 4.20. The number of halogens is 2. The lowest BCUT2D eigenvalue weighted by Gasteiger charge is -2.17. The summed E-state index contributed by atoms with van der Waals surface area (Å²) < 4.78 is 26.3. The van der Waals surface area contributed by atoms with Crippen molar-refractivity contribution < 1.29 is 28.0 Å². The van der Waals surface area contributed by atoms with Crippen molar-refractivity contribution in [3.63, 3.8) is 0 Å². The third kappa shape index (κ3) is 3.36. The quantitative estimate of drug-likeness (QED) is 0.319. The van der Waals surface area contributed by atoms with Crippen LogP contribution in [0.1, 0.15) is 41.4 Å². The van der Waals surface area contributed by atoms with Crippen LogP contribution >= 0.6 is 0 Å². The van der Waals surface area contributed by atoms with Crippen molar-refractivity contribution in [2.24, 2.45) is 0 Å². The Morgan fingerprint density at radius 1 is 0.353 bits per heavy atom. The Bertz CT molecular complexity index is 1550. The molecular weight excluding hydrogens is 438 g/mol. The second-order valence-corrected chi connectivity index (χ2v) is 7.79. The monoisotopic (exact) mass is 452 g/mol. The van der Waals surface area contributed by atoms with Crippen LogP contribution in [0.4, 0.5) is 8.78 Å². The second-order valence-electron chi connectivity index (χ2n) is 7.79. The van der Waals surface area contributed by atoms with Gasteiger partial charge in [-0.3, -0.25) is 19.2 Å². The maximum absolute atomic E-state index is 13.2. The lowest BCUT2D eigenvalue weighted by Crippen LogP contribution is -2.21. The van der Waals surface area contributed by atoms with Crippen LogP contribution in [-0.2, 0) is 0 Å². The average Bonchev–Trinajstić information content (AvgIpc) is 2.86. The van der Waals surface area contributed by atoms with Gasteiger partial charge in [-0.2, -0.15) is 0 Å². The molecule has 0 radical (unpaired) electrons. The Hall–Kier alpha value is -4.58. The maximum Gasteiger partial charge on any atom is 0.234 e. The van der Waals surface area contributed by atoms with Gasteiger partial charge in [-0.15, -0.1) is 0 Å². The van der Waals surface area contributed by atoms with Gasteiger partial charge in [0, 0.05) is 22.3 Å². The van der Waals surface area contributed by atoms with Crippen LogP contribution in [0.25, 0.3) is 22.3 Å². The first kappa shape index (κ1) is 21.3. The number of hydrogen-bond acceptors (Lipinski definition) is 4. The molecule has 0 heterocycles. The molecule has 2 aliphatic carbocycles. The molecule has 0 bridgehead atoms. The van der Waals surface area contributed by atoms with E-state index < -0.39 is 34.8 Å². The Morgan fingerprint density at radius 2 is 0.676 bits per heavy atom. The molecule has 0 saturated heterocycles. The third-order valence-corrected chi connectivity index (χ3v) is 5.79. The average molecular weight is 452 g/mol. The minimum atomic E-state index is -0.641. The summed E-state index contributed by atoms with van der Waals surface area (Å²) in [4.78, 5) is 47.3. The highest BCUT2D eigenvalue weighted by Gasteiger charge is 2.31. The van der Waals surface area contributed by atoms with Crippen LogP contribution in [-0.4, -0.2) is 23.1 Å². The molecule has 0 fully saturated rings. The SMILES string of the molecule is O=C1C(=O)c2cc(F)ccc2-c2ccccc21.O=C1C(=O)c2ccc(F)cc2-c2ccccc21. The van der Waals surface area contributed by atoms with E-state index in [9.17, 15) is 28.0 Å². The lowest BCUT2D eigenvalue weighted by molar-refractivity contribution is 0.0815. The minimum absolute atomic E-state index is 0.147. The molecule has 4 nitrogen and oxygen atoms in total. The Labute approximate surface area is 192 Å². The molecule has 0 aromatic heterocycles. The number of fused-ring (bicyclic) bond motifs is 6. The van der Waals surface area contributed by atoms with Gasteiger partial charge in [0.05, 0.1) is 0 Å². The molecule has 164 valence electrons. The number of benzene rings is 4. The highest BCUT2D eigenvalue weighted by Crippen LogP contribution is 2.34. The van der Waals surface area contributed by atoms with Crippen molar-refractivity contribution >= 4 is 23.1 Å². The third-order valence-electron chi connectivity index (χ3n) is 5.79. The van der Waals surface area contributed by atoms with Gasteiger partial charge in [-0.25, -0.2) is 8.78 Å². The summed E-state index contributed by atoms with van der Waals surface area (Å²) >= 11 is 0. The number of ketones is 4. The van der Waals surface area contributed by atoms with Gasteiger partial charge in [-0.05, 0) is 52.6 Å². The van der Waals surface area contributed by atoms with E-state index in [4.69, 9.17) is 0 Å². The molecule has 4 aromatic carbocycles. The molecule has 0 aliphatic heterocycles. The van der Waals surface area contributed by atoms with E-state index in [1.165, 1.54) is 30.3 Å². The maximum atomic E-state index is 13.2. The number of carbonyl (C=O) groups is 4. The molecule has 6 heteroatoms. The fraction of sp³-hybridized carbons (Fsp3) is 0. The van der Waals surface area contributed by atoms with E-state index in [0.29, 0.717) is 33.4 Å². The molecule has 0 amide bonds. The lowest BCUT2D eigenvalue weighted by atomic mass is 9.84. The highest BCUT2D eigenvalue weighted by molar-refractivity contribution is 6.53. The normalized spacial score (nSPS) is 13.2. The van der Waals surface area contributed by atoms with Crippen LogP contribution in [0.3, 0.4) is 0 Å². The van der Waals surface area contributed by atoms with Gasteiger partial charge >= 0.3 is 0 Å². The molecule has 4 aromatic rings. The van der Waals surface area contributed by atoms with Crippen molar-refractivity contribution in [1.29, 1.82) is 0 Å². The molecular formula is C28H14F2O4. The van der Waals surface area contributed by atoms with Gasteiger partial charge in [0.15, 0.2) is 0 Å². The standard InChI is InChI=1S/2C14H7FO2/c15-8-5-6-10-9-3-1-2-4-11(9)13(16)14(17)12(10)7-8;15-8-5-6-11-12(7-8)9-3-1-2-4-10(9)13(16)14(11)17/h2*1-7H. The molecule has 0 spiro atoms. The summed E-state index contributed by atoms with van der Waals surface area (Å²) in [6.45, 7) is 0. The van der Waals surface area contributed by atoms with E-state index in [-0.39, 0.29) is 11.1 Å². The zero-order valence-electron chi connectivity index (χ0n) is 17.5. The number of hydrogen-bond donors (Lipinski definition) is 0. The van der Waals surface area contributed by atoms with E-state index in [2.05, 4.69) is 0 Å². The summed E-state index contributed by atoms with van der Waals surface area (Å²) in [6.07, 6.45) is 0. The summed E-state index contributed by atoms with van der Waals surface area (Å²) in [5.74, 6) is -3.24. The summed E-state index contributed by atoms with van der Waals surface area (Å²) in [5, 5.41) is 0. The summed E-state index contributed by atoms with van der Waals surface area (Å²) in [5.41, 5.74) is 3.56. The molecule has 6 rings (SSSR count). The first-order valence-corrected chi connectivity index (χ1v) is 10.3. The van der Waals surface area contributed by atoms with Crippen LogP contribution < -0.4 is 0 Å². The smallest absolute Gasteiger partial charge is 0.234 e. The zero-order valence-corrected chi connectivity index (χ0v) is 17.5. The van der Waals surface area contributed by atoms with Crippen LogP contribution in [0.5, 0.6) is 0 Å². The minimum Gasteiger partial charge on any atom is -0.285 e. The Kier molecular flexibility index (Phi) is 5.06. The highest BCUT2D eigenvalue weighted by atomic mass is 19.1. The molecule has 2 aliphatic rings. The summed E-state index contributed by atoms with van der Waals surface area (Å²) in [7, 11) is 0. The van der Waals surface area contributed by atoms with Crippen molar-refractivity contribution in [2.75, 3.05) is 0 Å². The summed E-state index contributed by atoms with van der Waals surface area (Å²) in [6, 6.07) is 21.4. The molecule has 0 N–H and O–H groups in total. The van der Waals surface area contributed by atoms with Gasteiger partial charge in [0.25, 0.3) is 0 Å². The molecule has 0 unspecified atom stereocenters. The van der Waals surface area contributed by atoms with Gasteiger partial charge < -0.3 is 0 Å². The first-order valence-electron chi connectivity index (χ1n) is 10.3. The molecule has 34 heavy (non-hydrogen) atoms. The fourth-order valence-electron chi connectivity index (χ4n) is 4.20. The Morgan fingerprint density at radius 3 is 1.21 bits per heavy atom. The molecule has 0 saturated carbocycles. The first-order chi connectivity index (χ1) is 16.4. The van der Waals surface area contributed by atoms with Gasteiger partial charge in [0.1, 0.15) is 11.6 Å². The number of rotatable bonds is 0. The largest absolute Gasteiger partial charge is 0.285 e. The van der Waals surface area contributed by atoms with Gasteiger partial charge in [0.2, 0.25) is 23.1 Å². The van der Waals surface area contributed by atoms with Crippen molar-refractivity contribution in [1.82, 2.24) is 0 Å². The van der Waals surface area contributed by atoms with E-state index in [1.807, 2.05) is 0 Å². The van der Waals surface area contributed by atoms with E-state index >= 15 is 0 Å². The predicted molar refractivity (Wildman–Crippen MR) is 121 cm³/mol. The zero-order chi connectivity index (χ0) is 24.0. The number of carbonyl (C=O) groups excluding carboxylic acids is 4. The van der Waals surface area contributed by atoms with Crippen LogP contribution in [0, 0.1) is 11.6 Å². The Balaban J connectivity index is 0.000000142. The number of Topliss-reactive ketones (excluding diaryl/α,β-unsaturated/α-hetero) is 4. The predicted octanol–water partition coefficient (Wildman–Crippen LogP) is 5.74. The topological polar surface area (TPSA) is 68.3 Å². The van der Waals surface area contributed by atoms with Crippen LogP contribution in [0.2, 0.25) is 0 Å². The van der Waals surface area contributed by atoms with Crippen molar-refractivity contribution in [3.8, 4) is 22.3 Å². The van der Waals surface area contributed by atoms with E-state index in [0.717, 1.165) is 6.07 Å². The van der Waals surface area contributed by atoms with Gasteiger partial charge in [-0.1, -0.05) is 54.6 Å². The van der Waals surface area contributed by atoms with Crippen molar-refractivity contribution in [3.05, 3.63) is 119 Å². The molecule has 0 atom stereocenters.